The Kier molecular flexibility index (Phi) is 7.16. The Labute approximate surface area is 172 Å². The number of amides is 2. The number of aryl methyl sites for hydroxylation is 1. The van der Waals surface area contributed by atoms with E-state index in [0.717, 1.165) is 5.56 Å². The lowest BCUT2D eigenvalue weighted by atomic mass is 10.1. The number of anilines is 1. The second-order valence-corrected chi connectivity index (χ2v) is 9.19. The Morgan fingerprint density at radius 3 is 2.17 bits per heavy atom. The van der Waals surface area contributed by atoms with Gasteiger partial charge in [-0.3, -0.25) is 9.59 Å². The normalized spacial score (nSPS) is 12.7. The van der Waals surface area contributed by atoms with Crippen molar-refractivity contribution in [1.82, 2.24) is 9.62 Å². The number of nitrogens with zero attached hydrogens (tertiary/aromatic N) is 1. The zero-order valence-corrected chi connectivity index (χ0v) is 18.1. The summed E-state index contributed by atoms with van der Waals surface area (Å²) < 4.78 is 26.3. The first-order valence-electron chi connectivity index (χ1n) is 9.29. The summed E-state index contributed by atoms with van der Waals surface area (Å²) in [6.07, 6.45) is 0. The Bertz CT molecular complexity index is 985. The van der Waals surface area contributed by atoms with Crippen LogP contribution in [0.25, 0.3) is 0 Å². The second kappa shape index (κ2) is 9.19. The third-order valence-corrected chi connectivity index (χ3v) is 6.59. The minimum Gasteiger partial charge on any atom is -0.341 e. The number of hydrogen-bond acceptors (Lipinski definition) is 4. The minimum atomic E-state index is -3.59. The van der Waals surface area contributed by atoms with Gasteiger partial charge in [0, 0.05) is 24.3 Å². The molecule has 2 aromatic rings. The highest BCUT2D eigenvalue weighted by atomic mass is 32.2. The molecule has 2 amide bonds. The van der Waals surface area contributed by atoms with Gasteiger partial charge in [0.1, 0.15) is 6.04 Å². The van der Waals surface area contributed by atoms with E-state index in [9.17, 15) is 18.0 Å². The van der Waals surface area contributed by atoms with Crippen molar-refractivity contribution in [2.75, 3.05) is 12.4 Å². The quantitative estimate of drug-likeness (QED) is 0.724. The van der Waals surface area contributed by atoms with Crippen molar-refractivity contribution >= 4 is 27.5 Å². The van der Waals surface area contributed by atoms with Gasteiger partial charge in [-0.2, -0.15) is 4.31 Å². The van der Waals surface area contributed by atoms with Gasteiger partial charge in [-0.15, -0.1) is 0 Å². The number of nitrogens with one attached hydrogen (secondary N) is 2. The molecule has 0 aliphatic carbocycles. The molecule has 29 heavy (non-hydrogen) atoms. The van der Waals surface area contributed by atoms with Crippen LogP contribution in [0.15, 0.2) is 53.4 Å². The van der Waals surface area contributed by atoms with E-state index in [1.807, 2.05) is 13.0 Å². The number of carbonyl (C=O) groups excluding carboxylic acids is 2. The first-order valence-corrected chi connectivity index (χ1v) is 10.7. The van der Waals surface area contributed by atoms with Crippen LogP contribution in [0, 0.1) is 6.92 Å². The maximum atomic E-state index is 12.5. The van der Waals surface area contributed by atoms with Gasteiger partial charge < -0.3 is 10.6 Å². The summed E-state index contributed by atoms with van der Waals surface area (Å²) in [6, 6.07) is 12.1. The highest BCUT2D eigenvalue weighted by Gasteiger charge is 2.23. The second-order valence-electron chi connectivity index (χ2n) is 7.19. The molecule has 2 aromatic carbocycles. The molecule has 0 fully saturated rings. The summed E-state index contributed by atoms with van der Waals surface area (Å²) >= 11 is 0. The maximum absolute atomic E-state index is 12.5. The van der Waals surface area contributed by atoms with Gasteiger partial charge in [0.25, 0.3) is 5.91 Å². The van der Waals surface area contributed by atoms with Crippen molar-refractivity contribution in [2.24, 2.45) is 0 Å². The molecule has 0 aliphatic heterocycles. The van der Waals surface area contributed by atoms with Crippen LogP contribution >= 0.6 is 0 Å². The molecular weight excluding hydrogens is 390 g/mol. The fourth-order valence-corrected chi connectivity index (χ4v) is 3.90. The zero-order valence-electron chi connectivity index (χ0n) is 17.3. The first kappa shape index (κ1) is 22.6. The molecule has 0 bridgehead atoms. The molecule has 0 spiro atoms. The van der Waals surface area contributed by atoms with Crippen LogP contribution < -0.4 is 10.6 Å². The van der Waals surface area contributed by atoms with Crippen LogP contribution in [0.3, 0.4) is 0 Å². The molecular formula is C21H27N3O4S. The van der Waals surface area contributed by atoms with E-state index in [-0.39, 0.29) is 16.8 Å². The molecule has 7 nitrogen and oxygen atoms in total. The molecule has 156 valence electrons. The van der Waals surface area contributed by atoms with Gasteiger partial charge in [0.15, 0.2) is 0 Å². The lowest BCUT2D eigenvalue weighted by Crippen LogP contribution is -2.41. The topological polar surface area (TPSA) is 95.6 Å². The van der Waals surface area contributed by atoms with E-state index in [1.54, 1.807) is 39.0 Å². The molecule has 0 saturated heterocycles. The molecule has 8 heteroatoms. The fraction of sp³-hybridized carbons (Fsp3) is 0.333. The van der Waals surface area contributed by atoms with Gasteiger partial charge in [0.2, 0.25) is 15.9 Å². The smallest absolute Gasteiger partial charge is 0.251 e. The van der Waals surface area contributed by atoms with Gasteiger partial charge in [-0.25, -0.2) is 8.42 Å². The predicted molar refractivity (Wildman–Crippen MR) is 113 cm³/mol. The van der Waals surface area contributed by atoms with E-state index >= 15 is 0 Å². The average Bonchev–Trinajstić information content (AvgIpc) is 2.67. The average molecular weight is 418 g/mol. The molecule has 0 aromatic heterocycles. The lowest BCUT2D eigenvalue weighted by Gasteiger charge is -2.21. The fourth-order valence-electron chi connectivity index (χ4n) is 2.54. The summed E-state index contributed by atoms with van der Waals surface area (Å²) in [6.45, 7) is 7.05. The van der Waals surface area contributed by atoms with Crippen LogP contribution in [-0.2, 0) is 14.8 Å². The van der Waals surface area contributed by atoms with Gasteiger partial charge in [0.05, 0.1) is 4.90 Å². The Balaban J connectivity index is 2.02. The van der Waals surface area contributed by atoms with E-state index in [0.29, 0.717) is 11.3 Å². The minimum absolute atomic E-state index is 0.146. The monoisotopic (exact) mass is 417 g/mol. The molecule has 2 rings (SSSR count). The summed E-state index contributed by atoms with van der Waals surface area (Å²) in [5.41, 5.74) is 1.87. The molecule has 0 saturated carbocycles. The van der Waals surface area contributed by atoms with Crippen LogP contribution in [0.1, 0.15) is 36.7 Å². The maximum Gasteiger partial charge on any atom is 0.251 e. The van der Waals surface area contributed by atoms with Gasteiger partial charge >= 0.3 is 0 Å². The lowest BCUT2D eigenvalue weighted by molar-refractivity contribution is -0.117. The first-order chi connectivity index (χ1) is 13.5. The summed E-state index contributed by atoms with van der Waals surface area (Å²) in [5, 5.41) is 5.33. The van der Waals surface area contributed by atoms with Gasteiger partial charge in [-0.1, -0.05) is 17.7 Å². The van der Waals surface area contributed by atoms with E-state index in [1.165, 1.54) is 35.6 Å². The Hall–Kier alpha value is -2.71. The molecule has 0 heterocycles. The van der Waals surface area contributed by atoms with Crippen LogP contribution in [0.5, 0.6) is 0 Å². The molecule has 2 N–H and O–H groups in total. The van der Waals surface area contributed by atoms with Crippen LogP contribution in [0.4, 0.5) is 5.69 Å². The predicted octanol–water partition coefficient (Wildman–Crippen LogP) is 2.78. The van der Waals surface area contributed by atoms with Crippen molar-refractivity contribution in [2.45, 2.75) is 44.7 Å². The Morgan fingerprint density at radius 2 is 1.62 bits per heavy atom. The summed E-state index contributed by atoms with van der Waals surface area (Å²) in [4.78, 5) is 24.8. The van der Waals surface area contributed by atoms with Crippen LogP contribution in [0.2, 0.25) is 0 Å². The standard InChI is InChI=1S/C21H27N3O4S/c1-14(2)24(5)29(27,28)19-11-9-18(10-12-19)23-20(25)16(4)22-21(26)17-8-6-7-15(3)13-17/h6-14,16H,1-5H3,(H,22,26)(H,23,25)/t16-/m0/s1. The van der Waals surface area contributed by atoms with Crippen LogP contribution in [-0.4, -0.2) is 43.7 Å². The van der Waals surface area contributed by atoms with Crippen molar-refractivity contribution in [1.29, 1.82) is 0 Å². The zero-order chi connectivity index (χ0) is 21.8. The third-order valence-electron chi connectivity index (χ3n) is 4.55. The highest BCUT2D eigenvalue weighted by Crippen LogP contribution is 2.19. The largest absolute Gasteiger partial charge is 0.341 e. The number of carbonyl (C=O) groups is 2. The summed E-state index contributed by atoms with van der Waals surface area (Å²) in [7, 11) is -2.06. The summed E-state index contributed by atoms with van der Waals surface area (Å²) in [5.74, 6) is -0.740. The van der Waals surface area contributed by atoms with E-state index in [4.69, 9.17) is 0 Å². The number of sulfonamides is 1. The van der Waals surface area contributed by atoms with Gasteiger partial charge in [-0.05, 0) is 64.1 Å². The Morgan fingerprint density at radius 1 is 1.00 bits per heavy atom. The van der Waals surface area contributed by atoms with Crippen molar-refractivity contribution in [3.63, 3.8) is 0 Å². The van der Waals surface area contributed by atoms with Crippen molar-refractivity contribution < 1.29 is 18.0 Å². The molecule has 0 unspecified atom stereocenters. The van der Waals surface area contributed by atoms with Crippen molar-refractivity contribution in [3.05, 3.63) is 59.7 Å². The van der Waals surface area contributed by atoms with E-state index in [2.05, 4.69) is 10.6 Å². The van der Waals surface area contributed by atoms with E-state index < -0.39 is 22.0 Å². The number of benzene rings is 2. The molecule has 1 atom stereocenters. The SMILES string of the molecule is Cc1cccc(C(=O)N[C@@H](C)C(=O)Nc2ccc(S(=O)(=O)N(C)C(C)C)cc2)c1. The third kappa shape index (κ3) is 5.65. The highest BCUT2D eigenvalue weighted by molar-refractivity contribution is 7.89. The molecule has 0 radical (unpaired) electrons. The number of hydrogen-bond donors (Lipinski definition) is 2. The number of rotatable bonds is 7. The van der Waals surface area contributed by atoms with Crippen molar-refractivity contribution in [3.8, 4) is 0 Å². The molecule has 0 aliphatic rings.